The van der Waals surface area contributed by atoms with Crippen LogP contribution in [0.3, 0.4) is 0 Å². The lowest BCUT2D eigenvalue weighted by atomic mass is 10.2. The SMILES string of the molecule is O=c1[nH]c(O)c(-c2ccc(Oc3ccc(Cl)cc3)cc2)s1. The molecule has 0 saturated carbocycles. The van der Waals surface area contributed by atoms with Gasteiger partial charge in [-0.3, -0.25) is 9.78 Å². The maximum Gasteiger partial charge on any atom is 0.307 e. The van der Waals surface area contributed by atoms with Gasteiger partial charge in [-0.2, -0.15) is 0 Å². The highest BCUT2D eigenvalue weighted by molar-refractivity contribution is 7.13. The van der Waals surface area contributed by atoms with Gasteiger partial charge in [0.25, 0.3) is 0 Å². The van der Waals surface area contributed by atoms with Gasteiger partial charge in [-0.1, -0.05) is 22.9 Å². The van der Waals surface area contributed by atoms with E-state index in [2.05, 4.69) is 4.98 Å². The van der Waals surface area contributed by atoms with Crippen LogP contribution in [0, 0.1) is 0 Å². The summed E-state index contributed by atoms with van der Waals surface area (Å²) in [6, 6.07) is 14.2. The van der Waals surface area contributed by atoms with Crippen molar-refractivity contribution < 1.29 is 9.84 Å². The van der Waals surface area contributed by atoms with Crippen LogP contribution >= 0.6 is 22.9 Å². The van der Waals surface area contributed by atoms with E-state index in [9.17, 15) is 9.90 Å². The van der Waals surface area contributed by atoms with Gasteiger partial charge < -0.3 is 9.84 Å². The molecule has 0 unspecified atom stereocenters. The molecule has 3 aromatic rings. The maximum absolute atomic E-state index is 11.2. The monoisotopic (exact) mass is 319 g/mol. The Balaban J connectivity index is 1.82. The first kappa shape index (κ1) is 13.7. The molecule has 2 aromatic carbocycles. The van der Waals surface area contributed by atoms with Crippen LogP contribution < -0.4 is 9.61 Å². The lowest BCUT2D eigenvalue weighted by Crippen LogP contribution is -1.89. The van der Waals surface area contributed by atoms with Crippen LogP contribution in [0.25, 0.3) is 10.4 Å². The molecular formula is C15H10ClNO3S. The third kappa shape index (κ3) is 3.09. The average molecular weight is 320 g/mol. The smallest absolute Gasteiger partial charge is 0.307 e. The summed E-state index contributed by atoms with van der Waals surface area (Å²) in [6.45, 7) is 0. The van der Waals surface area contributed by atoms with Crippen molar-refractivity contribution in [3.05, 3.63) is 63.2 Å². The molecule has 6 heteroatoms. The van der Waals surface area contributed by atoms with Crippen molar-refractivity contribution in [2.24, 2.45) is 0 Å². The topological polar surface area (TPSA) is 62.3 Å². The molecular weight excluding hydrogens is 310 g/mol. The Bertz CT molecular complexity index is 806. The second-order valence-electron chi connectivity index (χ2n) is 4.27. The van der Waals surface area contributed by atoms with E-state index in [1.54, 1.807) is 48.5 Å². The molecule has 0 aliphatic heterocycles. The molecule has 0 fully saturated rings. The van der Waals surface area contributed by atoms with Crippen molar-refractivity contribution in [1.82, 2.24) is 4.98 Å². The zero-order chi connectivity index (χ0) is 14.8. The Hall–Kier alpha value is -2.24. The van der Waals surface area contributed by atoms with Gasteiger partial charge in [0.15, 0.2) is 0 Å². The van der Waals surface area contributed by atoms with Crippen molar-refractivity contribution in [2.45, 2.75) is 0 Å². The lowest BCUT2D eigenvalue weighted by molar-refractivity contribution is 0.458. The predicted octanol–water partition coefficient (Wildman–Crippen LogP) is 4.25. The van der Waals surface area contributed by atoms with Crippen molar-refractivity contribution in [3.63, 3.8) is 0 Å². The molecule has 21 heavy (non-hydrogen) atoms. The Kier molecular flexibility index (Phi) is 3.68. The zero-order valence-electron chi connectivity index (χ0n) is 10.7. The summed E-state index contributed by atoms with van der Waals surface area (Å²) < 4.78 is 5.67. The van der Waals surface area contributed by atoms with Crippen molar-refractivity contribution in [2.75, 3.05) is 0 Å². The fourth-order valence-corrected chi connectivity index (χ4v) is 2.69. The van der Waals surface area contributed by atoms with E-state index in [1.807, 2.05) is 0 Å². The number of nitrogens with one attached hydrogen (secondary N) is 1. The summed E-state index contributed by atoms with van der Waals surface area (Å²) in [7, 11) is 0. The average Bonchev–Trinajstić information content (AvgIpc) is 2.81. The third-order valence-corrected chi connectivity index (χ3v) is 3.97. The highest BCUT2D eigenvalue weighted by Crippen LogP contribution is 2.32. The summed E-state index contributed by atoms with van der Waals surface area (Å²) in [6.07, 6.45) is 0. The standard InChI is InChI=1S/C15H10ClNO3S/c16-10-3-7-12(8-4-10)20-11-5-1-9(2-6-11)13-14(18)17-15(19)21-13/h1-8,18H,(H,17,19). The molecule has 3 rings (SSSR count). The Labute approximate surface area is 129 Å². The summed E-state index contributed by atoms with van der Waals surface area (Å²) in [5, 5.41) is 10.3. The molecule has 0 aliphatic rings. The van der Waals surface area contributed by atoms with Crippen molar-refractivity contribution in [3.8, 4) is 27.8 Å². The number of benzene rings is 2. The molecule has 1 heterocycles. The minimum atomic E-state index is -0.288. The van der Waals surface area contributed by atoms with Crippen LogP contribution in [0.5, 0.6) is 17.4 Å². The number of hydrogen-bond donors (Lipinski definition) is 2. The quantitative estimate of drug-likeness (QED) is 0.758. The van der Waals surface area contributed by atoms with Gasteiger partial charge in [0.05, 0.1) is 4.88 Å². The normalized spacial score (nSPS) is 10.5. The number of aromatic amines is 1. The van der Waals surface area contributed by atoms with E-state index in [4.69, 9.17) is 16.3 Å². The maximum atomic E-state index is 11.2. The number of aromatic hydroxyl groups is 1. The van der Waals surface area contributed by atoms with Crippen molar-refractivity contribution in [1.29, 1.82) is 0 Å². The van der Waals surface area contributed by atoms with E-state index < -0.39 is 0 Å². The molecule has 0 amide bonds. The van der Waals surface area contributed by atoms with E-state index in [0.717, 1.165) is 16.9 Å². The second kappa shape index (κ2) is 5.63. The van der Waals surface area contributed by atoms with Crippen LogP contribution in [-0.2, 0) is 0 Å². The summed E-state index contributed by atoms with van der Waals surface area (Å²) in [5.74, 6) is 1.22. The van der Waals surface area contributed by atoms with E-state index in [1.165, 1.54) is 0 Å². The molecule has 0 spiro atoms. The first-order valence-corrected chi connectivity index (χ1v) is 7.27. The van der Waals surface area contributed by atoms with Gasteiger partial charge in [-0.05, 0) is 54.1 Å². The van der Waals surface area contributed by atoms with Gasteiger partial charge >= 0.3 is 4.87 Å². The van der Waals surface area contributed by atoms with E-state index in [0.29, 0.717) is 21.4 Å². The first-order chi connectivity index (χ1) is 10.1. The predicted molar refractivity (Wildman–Crippen MR) is 83.6 cm³/mol. The largest absolute Gasteiger partial charge is 0.493 e. The van der Waals surface area contributed by atoms with Crippen molar-refractivity contribution >= 4 is 22.9 Å². The van der Waals surface area contributed by atoms with Gasteiger partial charge in [0.1, 0.15) is 11.5 Å². The number of aromatic nitrogens is 1. The molecule has 4 nitrogen and oxygen atoms in total. The Morgan fingerprint density at radius 3 is 2.10 bits per heavy atom. The number of ether oxygens (including phenoxy) is 1. The number of hydrogen-bond acceptors (Lipinski definition) is 4. The van der Waals surface area contributed by atoms with E-state index in [-0.39, 0.29) is 10.8 Å². The molecule has 2 N–H and O–H groups in total. The molecule has 0 bridgehead atoms. The van der Waals surface area contributed by atoms with Gasteiger partial charge in [-0.15, -0.1) is 0 Å². The van der Waals surface area contributed by atoms with Crippen LogP contribution in [0.2, 0.25) is 5.02 Å². The van der Waals surface area contributed by atoms with Gasteiger partial charge in [0, 0.05) is 5.02 Å². The number of rotatable bonds is 3. The Morgan fingerprint density at radius 2 is 1.57 bits per heavy atom. The fourth-order valence-electron chi connectivity index (χ4n) is 1.83. The van der Waals surface area contributed by atoms with Gasteiger partial charge in [-0.25, -0.2) is 0 Å². The molecule has 0 saturated heterocycles. The van der Waals surface area contributed by atoms with Gasteiger partial charge in [0.2, 0.25) is 5.88 Å². The molecule has 0 radical (unpaired) electrons. The molecule has 106 valence electrons. The summed E-state index contributed by atoms with van der Waals surface area (Å²) in [5.41, 5.74) is 0.749. The molecule has 0 aliphatic carbocycles. The third-order valence-electron chi connectivity index (χ3n) is 2.80. The van der Waals surface area contributed by atoms with Crippen LogP contribution in [0.1, 0.15) is 0 Å². The number of halogens is 1. The van der Waals surface area contributed by atoms with Crippen LogP contribution in [-0.4, -0.2) is 10.1 Å². The Morgan fingerprint density at radius 1 is 1.00 bits per heavy atom. The van der Waals surface area contributed by atoms with Crippen LogP contribution in [0.4, 0.5) is 0 Å². The number of thiazole rings is 1. The summed E-state index contributed by atoms with van der Waals surface area (Å²) >= 11 is 6.78. The minimum Gasteiger partial charge on any atom is -0.493 e. The number of H-pyrrole nitrogens is 1. The molecule has 0 atom stereocenters. The summed E-state index contributed by atoms with van der Waals surface area (Å²) in [4.78, 5) is 13.8. The van der Waals surface area contributed by atoms with E-state index >= 15 is 0 Å². The fraction of sp³-hybridized carbons (Fsp3) is 0. The highest BCUT2D eigenvalue weighted by atomic mass is 35.5. The lowest BCUT2D eigenvalue weighted by Gasteiger charge is -2.06. The zero-order valence-corrected chi connectivity index (χ0v) is 12.2. The van der Waals surface area contributed by atoms with Crippen LogP contribution in [0.15, 0.2) is 53.3 Å². The first-order valence-electron chi connectivity index (χ1n) is 6.08. The highest BCUT2D eigenvalue weighted by Gasteiger charge is 2.09. The second-order valence-corrected chi connectivity index (χ2v) is 5.69. The minimum absolute atomic E-state index is 0.114. The molecule has 1 aromatic heterocycles.